The van der Waals surface area contributed by atoms with E-state index in [1.54, 1.807) is 26.5 Å². The fourth-order valence-electron chi connectivity index (χ4n) is 1.68. The molecule has 0 unspecified atom stereocenters. The van der Waals surface area contributed by atoms with Crippen LogP contribution in [0.3, 0.4) is 0 Å². The van der Waals surface area contributed by atoms with Crippen LogP contribution in [-0.4, -0.2) is 35.4 Å². The van der Waals surface area contributed by atoms with Crippen molar-refractivity contribution in [2.45, 2.75) is 0 Å². The van der Waals surface area contributed by atoms with E-state index in [4.69, 9.17) is 0 Å². The SMILES string of the molecule is CN(C)C=O.c1cnc2c(c1)ccc1cccnc12. The van der Waals surface area contributed by atoms with Crippen LogP contribution in [0.15, 0.2) is 48.8 Å². The number of hydrogen-bond donors (Lipinski definition) is 0. The summed E-state index contributed by atoms with van der Waals surface area (Å²) >= 11 is 0. The summed E-state index contributed by atoms with van der Waals surface area (Å²) in [5.74, 6) is 0. The Bertz CT molecular complexity index is 640. The molecule has 0 aliphatic heterocycles. The van der Waals surface area contributed by atoms with Gasteiger partial charge in [-0.05, 0) is 12.1 Å². The van der Waals surface area contributed by atoms with Gasteiger partial charge in [-0.1, -0.05) is 24.3 Å². The first-order valence-corrected chi connectivity index (χ1v) is 5.92. The summed E-state index contributed by atoms with van der Waals surface area (Å²) in [5.41, 5.74) is 1.95. The van der Waals surface area contributed by atoms with Crippen LogP contribution < -0.4 is 0 Å². The average Bonchev–Trinajstić information content (AvgIpc) is 2.48. The molecule has 0 fully saturated rings. The molecule has 3 aromatic rings. The van der Waals surface area contributed by atoms with Crippen LogP contribution in [0.4, 0.5) is 0 Å². The zero-order valence-electron chi connectivity index (χ0n) is 10.9. The molecule has 2 heterocycles. The number of hydrogen-bond acceptors (Lipinski definition) is 3. The summed E-state index contributed by atoms with van der Waals surface area (Å²) in [5, 5.41) is 2.28. The van der Waals surface area contributed by atoms with Crippen molar-refractivity contribution in [1.82, 2.24) is 14.9 Å². The molecule has 2 aromatic heterocycles. The number of pyridine rings is 2. The first-order chi connectivity index (χ1) is 9.22. The highest BCUT2D eigenvalue weighted by Crippen LogP contribution is 2.20. The minimum Gasteiger partial charge on any atom is -0.351 e. The van der Waals surface area contributed by atoms with Gasteiger partial charge in [0.25, 0.3) is 0 Å². The van der Waals surface area contributed by atoms with Crippen molar-refractivity contribution in [3.63, 3.8) is 0 Å². The molecule has 19 heavy (non-hydrogen) atoms. The molecule has 0 atom stereocenters. The number of carbonyl (C=O) groups excluding carboxylic acids is 1. The molecule has 1 aromatic carbocycles. The molecule has 0 N–H and O–H groups in total. The predicted octanol–water partition coefficient (Wildman–Crippen LogP) is 2.49. The quantitative estimate of drug-likeness (QED) is 0.494. The van der Waals surface area contributed by atoms with E-state index in [0.29, 0.717) is 0 Å². The Balaban J connectivity index is 0.000000232. The molecule has 96 valence electrons. The Labute approximate surface area is 111 Å². The third-order valence-electron chi connectivity index (χ3n) is 2.56. The Morgan fingerprint density at radius 2 is 1.32 bits per heavy atom. The fraction of sp³-hybridized carbons (Fsp3) is 0.133. The van der Waals surface area contributed by atoms with Crippen LogP contribution in [0.5, 0.6) is 0 Å². The van der Waals surface area contributed by atoms with E-state index < -0.39 is 0 Å². The summed E-state index contributed by atoms with van der Waals surface area (Å²) < 4.78 is 0. The van der Waals surface area contributed by atoms with Gasteiger partial charge < -0.3 is 4.90 Å². The van der Waals surface area contributed by atoms with E-state index in [1.165, 1.54) is 4.90 Å². The second-order valence-electron chi connectivity index (χ2n) is 4.28. The standard InChI is InChI=1S/C12H8N2.C3H7NO/c1-3-9-5-6-10-4-2-8-14-12(10)11(9)13-7-1;1-4(2)3-5/h1-8H;3H,1-2H3. The first-order valence-electron chi connectivity index (χ1n) is 5.92. The monoisotopic (exact) mass is 253 g/mol. The van der Waals surface area contributed by atoms with E-state index in [-0.39, 0.29) is 0 Å². The van der Waals surface area contributed by atoms with Crippen LogP contribution in [0.25, 0.3) is 21.8 Å². The highest BCUT2D eigenvalue weighted by molar-refractivity contribution is 6.02. The smallest absolute Gasteiger partial charge is 0.209 e. The number of fused-ring (bicyclic) bond motifs is 3. The van der Waals surface area contributed by atoms with Crippen molar-refractivity contribution in [1.29, 1.82) is 0 Å². The summed E-state index contributed by atoms with van der Waals surface area (Å²) in [6.07, 6.45) is 4.35. The van der Waals surface area contributed by atoms with Crippen molar-refractivity contribution < 1.29 is 4.79 Å². The summed E-state index contributed by atoms with van der Waals surface area (Å²) in [4.78, 5) is 19.6. The molecule has 0 bridgehead atoms. The lowest BCUT2D eigenvalue weighted by atomic mass is 10.1. The topological polar surface area (TPSA) is 46.1 Å². The van der Waals surface area contributed by atoms with Gasteiger partial charge in [0.2, 0.25) is 6.41 Å². The Morgan fingerprint density at radius 3 is 1.68 bits per heavy atom. The summed E-state index contributed by atoms with van der Waals surface area (Å²) in [6, 6.07) is 12.1. The van der Waals surface area contributed by atoms with Crippen LogP contribution in [0.1, 0.15) is 0 Å². The maximum Gasteiger partial charge on any atom is 0.209 e. The van der Waals surface area contributed by atoms with Gasteiger partial charge in [0.05, 0.1) is 11.0 Å². The fourth-order valence-corrected chi connectivity index (χ4v) is 1.68. The Hall–Kier alpha value is -2.49. The lowest BCUT2D eigenvalue weighted by Gasteiger charge is -2.00. The third kappa shape index (κ3) is 3.04. The van der Waals surface area contributed by atoms with Gasteiger partial charge in [-0.15, -0.1) is 0 Å². The second kappa shape index (κ2) is 5.91. The van der Waals surface area contributed by atoms with Crippen LogP contribution in [-0.2, 0) is 4.79 Å². The minimum atomic E-state index is 0.750. The van der Waals surface area contributed by atoms with Gasteiger partial charge in [0, 0.05) is 37.3 Å². The normalized spacial score (nSPS) is 9.79. The first kappa shape index (κ1) is 13.0. The van der Waals surface area contributed by atoms with Crippen LogP contribution in [0, 0.1) is 0 Å². The minimum absolute atomic E-state index is 0.750. The molecule has 0 saturated heterocycles. The number of rotatable bonds is 1. The predicted molar refractivity (Wildman–Crippen MR) is 76.8 cm³/mol. The molecular formula is C15H15N3O. The van der Waals surface area contributed by atoms with Crippen LogP contribution >= 0.6 is 0 Å². The molecule has 0 aliphatic rings. The molecule has 1 amide bonds. The number of aromatic nitrogens is 2. The lowest BCUT2D eigenvalue weighted by molar-refractivity contribution is -0.115. The van der Waals surface area contributed by atoms with Crippen molar-refractivity contribution in [2.75, 3.05) is 14.1 Å². The lowest BCUT2D eigenvalue weighted by Crippen LogP contribution is -2.06. The van der Waals surface area contributed by atoms with E-state index >= 15 is 0 Å². The second-order valence-corrected chi connectivity index (χ2v) is 4.28. The van der Waals surface area contributed by atoms with Gasteiger partial charge >= 0.3 is 0 Å². The number of amides is 1. The molecular weight excluding hydrogens is 238 g/mol. The highest BCUT2D eigenvalue weighted by atomic mass is 16.1. The van der Waals surface area contributed by atoms with E-state index in [0.717, 1.165) is 28.2 Å². The largest absolute Gasteiger partial charge is 0.351 e. The molecule has 4 nitrogen and oxygen atoms in total. The zero-order chi connectivity index (χ0) is 13.7. The molecule has 0 aliphatic carbocycles. The Kier molecular flexibility index (Phi) is 4.03. The number of benzene rings is 1. The van der Waals surface area contributed by atoms with Crippen molar-refractivity contribution in [3.05, 3.63) is 48.8 Å². The van der Waals surface area contributed by atoms with Gasteiger partial charge in [0.15, 0.2) is 0 Å². The van der Waals surface area contributed by atoms with Crippen molar-refractivity contribution in [2.24, 2.45) is 0 Å². The molecule has 0 saturated carbocycles. The molecule has 0 spiro atoms. The Morgan fingerprint density at radius 1 is 0.895 bits per heavy atom. The number of nitrogens with zero attached hydrogens (tertiary/aromatic N) is 3. The van der Waals surface area contributed by atoms with E-state index in [9.17, 15) is 4.79 Å². The van der Waals surface area contributed by atoms with Crippen molar-refractivity contribution in [3.8, 4) is 0 Å². The average molecular weight is 253 g/mol. The van der Waals surface area contributed by atoms with Crippen LogP contribution in [0.2, 0.25) is 0 Å². The number of carbonyl (C=O) groups is 1. The molecule has 3 rings (SSSR count). The molecule has 4 heteroatoms. The van der Waals surface area contributed by atoms with E-state index in [1.807, 2.05) is 12.1 Å². The summed E-state index contributed by atoms with van der Waals surface area (Å²) in [7, 11) is 3.38. The maximum absolute atomic E-state index is 9.43. The molecule has 0 radical (unpaired) electrons. The highest BCUT2D eigenvalue weighted by Gasteiger charge is 2.00. The maximum atomic E-state index is 9.43. The zero-order valence-corrected chi connectivity index (χ0v) is 10.9. The van der Waals surface area contributed by atoms with Crippen molar-refractivity contribution >= 4 is 28.2 Å². The summed E-state index contributed by atoms with van der Waals surface area (Å²) in [6.45, 7) is 0. The van der Waals surface area contributed by atoms with Gasteiger partial charge in [0.1, 0.15) is 0 Å². The van der Waals surface area contributed by atoms with E-state index in [2.05, 4.69) is 34.2 Å². The van der Waals surface area contributed by atoms with Gasteiger partial charge in [-0.3, -0.25) is 14.8 Å². The van der Waals surface area contributed by atoms with Gasteiger partial charge in [-0.2, -0.15) is 0 Å². The third-order valence-corrected chi connectivity index (χ3v) is 2.56. The van der Waals surface area contributed by atoms with Gasteiger partial charge in [-0.25, -0.2) is 0 Å².